The molecule has 2 unspecified atom stereocenters. The molecule has 0 radical (unpaired) electrons. The van der Waals surface area contributed by atoms with E-state index in [0.29, 0.717) is 0 Å². The van der Waals surface area contributed by atoms with Crippen LogP contribution in [0.2, 0.25) is 0 Å². The number of hydrazine groups is 2. The lowest BCUT2D eigenvalue weighted by molar-refractivity contribution is 0.170. The molecule has 4 N–H and O–H groups in total. The van der Waals surface area contributed by atoms with Crippen LogP contribution in [0.4, 0.5) is 0 Å². The molecule has 0 aliphatic carbocycles. The summed E-state index contributed by atoms with van der Waals surface area (Å²) in [5.41, 5.74) is 6.03. The first-order valence-corrected chi connectivity index (χ1v) is 7.95. The Bertz CT molecular complexity index is 558. The molecule has 1 aliphatic rings. The topological polar surface area (TPSA) is 53.3 Å². The number of nitrogens with zero attached hydrogens (tertiary/aromatic N) is 1. The van der Waals surface area contributed by atoms with Gasteiger partial charge in [0.25, 0.3) is 0 Å². The van der Waals surface area contributed by atoms with Crippen LogP contribution in [0.3, 0.4) is 0 Å². The molecule has 2 aromatic rings. The van der Waals surface area contributed by atoms with E-state index in [2.05, 4.69) is 65.3 Å². The van der Waals surface area contributed by atoms with Gasteiger partial charge in [0, 0.05) is 0 Å². The monoisotopic (exact) mass is 296 g/mol. The Labute approximate surface area is 132 Å². The minimum atomic E-state index is 0.181. The second kappa shape index (κ2) is 7.51. The predicted molar refractivity (Wildman–Crippen MR) is 89.4 cm³/mol. The van der Waals surface area contributed by atoms with Crippen LogP contribution in [0, 0.1) is 0 Å². The van der Waals surface area contributed by atoms with Crippen molar-refractivity contribution in [3.8, 4) is 0 Å². The Morgan fingerprint density at radius 2 is 1.36 bits per heavy atom. The van der Waals surface area contributed by atoms with Crippen molar-refractivity contribution in [1.82, 2.24) is 15.9 Å². The van der Waals surface area contributed by atoms with Crippen LogP contribution in [-0.4, -0.2) is 17.4 Å². The number of aryl methyl sites for hydroxylation is 2. The lowest BCUT2D eigenvalue weighted by Crippen LogP contribution is -2.45. The largest absolute Gasteiger partial charge is 0.283 e. The molecule has 3 rings (SSSR count). The van der Waals surface area contributed by atoms with Crippen LogP contribution in [0.25, 0.3) is 0 Å². The molecular formula is C18H24N4. The van der Waals surface area contributed by atoms with E-state index in [-0.39, 0.29) is 12.3 Å². The molecule has 4 heteroatoms. The summed E-state index contributed by atoms with van der Waals surface area (Å²) in [6.07, 6.45) is 4.52. The quantitative estimate of drug-likeness (QED) is 0.715. The van der Waals surface area contributed by atoms with Crippen LogP contribution < -0.4 is 16.6 Å². The van der Waals surface area contributed by atoms with E-state index < -0.39 is 0 Å². The smallest absolute Gasteiger partial charge is 0.0904 e. The molecule has 0 saturated carbocycles. The molecule has 116 valence electrons. The van der Waals surface area contributed by atoms with E-state index in [1.807, 2.05) is 6.07 Å². The zero-order valence-corrected chi connectivity index (χ0v) is 12.8. The van der Waals surface area contributed by atoms with Gasteiger partial charge in [-0.3, -0.25) is 11.2 Å². The maximum Gasteiger partial charge on any atom is 0.0904 e. The van der Waals surface area contributed by atoms with Gasteiger partial charge in [0.2, 0.25) is 0 Å². The Kier molecular flexibility index (Phi) is 5.19. The highest BCUT2D eigenvalue weighted by molar-refractivity contribution is 5.15. The molecule has 0 spiro atoms. The van der Waals surface area contributed by atoms with E-state index in [1.165, 1.54) is 11.1 Å². The minimum absolute atomic E-state index is 0.181. The average Bonchev–Trinajstić information content (AvgIpc) is 2.93. The third-order valence-electron chi connectivity index (χ3n) is 4.15. The van der Waals surface area contributed by atoms with Crippen molar-refractivity contribution < 1.29 is 0 Å². The van der Waals surface area contributed by atoms with E-state index in [1.54, 1.807) is 5.12 Å². The molecule has 1 aliphatic heterocycles. The van der Waals surface area contributed by atoms with Crippen LogP contribution in [-0.2, 0) is 12.8 Å². The van der Waals surface area contributed by atoms with Crippen molar-refractivity contribution in [3.63, 3.8) is 0 Å². The zero-order valence-electron chi connectivity index (χ0n) is 12.8. The lowest BCUT2D eigenvalue weighted by Gasteiger charge is -2.17. The van der Waals surface area contributed by atoms with Crippen molar-refractivity contribution in [2.75, 3.05) is 0 Å². The minimum Gasteiger partial charge on any atom is -0.283 e. The summed E-state index contributed by atoms with van der Waals surface area (Å²) in [5.74, 6) is 6.06. The second-order valence-electron chi connectivity index (χ2n) is 5.82. The van der Waals surface area contributed by atoms with Gasteiger partial charge in [0.05, 0.1) is 12.3 Å². The Morgan fingerprint density at radius 3 is 1.95 bits per heavy atom. The van der Waals surface area contributed by atoms with Crippen LogP contribution in [0.1, 0.15) is 24.0 Å². The summed E-state index contributed by atoms with van der Waals surface area (Å²) in [4.78, 5) is 0. The van der Waals surface area contributed by atoms with Gasteiger partial charge in [-0.05, 0) is 36.8 Å². The first-order valence-electron chi connectivity index (χ1n) is 7.95. The van der Waals surface area contributed by atoms with Crippen LogP contribution in [0.5, 0.6) is 0 Å². The van der Waals surface area contributed by atoms with Crippen molar-refractivity contribution in [2.24, 2.45) is 5.84 Å². The Balaban J connectivity index is 1.45. The number of hydrogen-bond acceptors (Lipinski definition) is 4. The molecule has 4 nitrogen and oxygen atoms in total. The Hall–Kier alpha value is -1.72. The number of nitrogens with one attached hydrogen (secondary N) is 2. The molecule has 1 heterocycles. The SMILES string of the molecule is NN1NC(CCc2ccccc2)NC1CCc1ccccc1. The van der Waals surface area contributed by atoms with Crippen LogP contribution in [0.15, 0.2) is 60.7 Å². The van der Waals surface area contributed by atoms with Gasteiger partial charge in [-0.1, -0.05) is 60.7 Å². The Morgan fingerprint density at radius 1 is 0.818 bits per heavy atom. The van der Waals surface area contributed by atoms with E-state index in [4.69, 9.17) is 5.84 Å². The molecule has 0 aromatic heterocycles. The molecule has 0 bridgehead atoms. The van der Waals surface area contributed by atoms with Gasteiger partial charge in [0.1, 0.15) is 0 Å². The second-order valence-corrected chi connectivity index (χ2v) is 5.82. The van der Waals surface area contributed by atoms with Gasteiger partial charge in [-0.15, -0.1) is 0 Å². The molecule has 2 aromatic carbocycles. The van der Waals surface area contributed by atoms with E-state index in [0.717, 1.165) is 25.7 Å². The normalized spacial score (nSPS) is 22.0. The molecule has 22 heavy (non-hydrogen) atoms. The summed E-state index contributed by atoms with van der Waals surface area (Å²) in [6.45, 7) is 0. The van der Waals surface area contributed by atoms with Gasteiger partial charge in [0.15, 0.2) is 0 Å². The van der Waals surface area contributed by atoms with E-state index >= 15 is 0 Å². The first kappa shape index (κ1) is 15.2. The summed E-state index contributed by atoms with van der Waals surface area (Å²) < 4.78 is 0. The van der Waals surface area contributed by atoms with Gasteiger partial charge in [-0.2, -0.15) is 5.12 Å². The van der Waals surface area contributed by atoms with Gasteiger partial charge >= 0.3 is 0 Å². The standard InChI is InChI=1S/C18H24N4/c19-22-18(14-12-16-9-5-2-6-10-16)20-17(21-22)13-11-15-7-3-1-4-8-15/h1-10,17-18,20-21H,11-14,19H2. The molecule has 0 amide bonds. The van der Waals surface area contributed by atoms with Gasteiger partial charge < -0.3 is 0 Å². The summed E-state index contributed by atoms with van der Waals surface area (Å²) in [5, 5.41) is 5.29. The van der Waals surface area contributed by atoms with Crippen molar-refractivity contribution in [2.45, 2.75) is 38.0 Å². The predicted octanol–water partition coefficient (Wildman–Crippen LogP) is 2.19. The van der Waals surface area contributed by atoms with Crippen molar-refractivity contribution >= 4 is 0 Å². The summed E-state index contributed by atoms with van der Waals surface area (Å²) in [7, 11) is 0. The highest BCUT2D eigenvalue weighted by Crippen LogP contribution is 2.12. The molecule has 2 atom stereocenters. The van der Waals surface area contributed by atoms with Crippen LogP contribution >= 0.6 is 0 Å². The number of hydrogen-bond donors (Lipinski definition) is 3. The number of benzene rings is 2. The number of rotatable bonds is 6. The third-order valence-corrected chi connectivity index (χ3v) is 4.15. The first-order chi connectivity index (χ1) is 10.8. The van der Waals surface area contributed by atoms with Gasteiger partial charge in [-0.25, -0.2) is 5.43 Å². The maximum atomic E-state index is 6.06. The molecule has 1 fully saturated rings. The number of nitrogens with two attached hydrogens (primary N) is 1. The lowest BCUT2D eigenvalue weighted by atomic mass is 10.1. The fourth-order valence-corrected chi connectivity index (χ4v) is 2.89. The highest BCUT2D eigenvalue weighted by Gasteiger charge is 2.27. The van der Waals surface area contributed by atoms with E-state index in [9.17, 15) is 0 Å². The summed E-state index contributed by atoms with van der Waals surface area (Å²) >= 11 is 0. The molecule has 1 saturated heterocycles. The maximum absolute atomic E-state index is 6.06. The zero-order chi connectivity index (χ0) is 15.2. The third kappa shape index (κ3) is 4.15. The average molecular weight is 296 g/mol. The highest BCUT2D eigenvalue weighted by atomic mass is 15.8. The summed E-state index contributed by atoms with van der Waals surface area (Å²) in [6, 6.07) is 21.1. The molecular weight excluding hydrogens is 272 g/mol. The van der Waals surface area contributed by atoms with Crippen molar-refractivity contribution in [3.05, 3.63) is 71.8 Å². The van der Waals surface area contributed by atoms with Crippen molar-refractivity contribution in [1.29, 1.82) is 0 Å². The fraction of sp³-hybridized carbons (Fsp3) is 0.333. The fourth-order valence-electron chi connectivity index (χ4n) is 2.89.